The van der Waals surface area contributed by atoms with E-state index in [1.54, 1.807) is 6.07 Å². The Morgan fingerprint density at radius 3 is 2.81 bits per heavy atom. The van der Waals surface area contributed by atoms with Crippen LogP contribution in [0.1, 0.15) is 24.4 Å². The Bertz CT molecular complexity index is 962. The van der Waals surface area contributed by atoms with E-state index < -0.39 is 0 Å². The Labute approximate surface area is 157 Å². The Balaban J connectivity index is 1.34. The van der Waals surface area contributed by atoms with Crippen molar-refractivity contribution in [2.45, 2.75) is 25.8 Å². The van der Waals surface area contributed by atoms with E-state index in [-0.39, 0.29) is 17.8 Å². The van der Waals surface area contributed by atoms with Gasteiger partial charge in [0.25, 0.3) is 0 Å². The lowest BCUT2D eigenvalue weighted by atomic mass is 10.0. The predicted octanol–water partition coefficient (Wildman–Crippen LogP) is 3.15. The van der Waals surface area contributed by atoms with Crippen LogP contribution >= 0.6 is 0 Å². The zero-order valence-electron chi connectivity index (χ0n) is 15.2. The van der Waals surface area contributed by atoms with E-state index in [9.17, 15) is 9.18 Å². The number of carbonyl (C=O) groups is 1. The second-order valence-corrected chi connectivity index (χ2v) is 7.09. The number of halogens is 1. The summed E-state index contributed by atoms with van der Waals surface area (Å²) in [6.07, 6.45) is 1.77. The average Bonchev–Trinajstić information content (AvgIpc) is 3.05. The molecule has 1 aliphatic rings. The number of aromatic nitrogens is 3. The number of aryl methyl sites for hydroxylation is 1. The fourth-order valence-corrected chi connectivity index (χ4v) is 3.63. The molecule has 0 aliphatic carbocycles. The van der Waals surface area contributed by atoms with Gasteiger partial charge < -0.3 is 5.32 Å². The van der Waals surface area contributed by atoms with Crippen LogP contribution in [0.4, 0.5) is 10.1 Å². The minimum absolute atomic E-state index is 0.000677. The first-order valence-corrected chi connectivity index (χ1v) is 9.18. The fourth-order valence-electron chi connectivity index (χ4n) is 3.63. The molecule has 140 valence electrons. The normalized spacial score (nSPS) is 15.9. The van der Waals surface area contributed by atoms with Crippen LogP contribution in [0.25, 0.3) is 11.0 Å². The molecule has 1 saturated heterocycles. The van der Waals surface area contributed by atoms with Gasteiger partial charge >= 0.3 is 0 Å². The zero-order valence-corrected chi connectivity index (χ0v) is 15.2. The lowest BCUT2D eigenvalue weighted by molar-refractivity contribution is -0.117. The summed E-state index contributed by atoms with van der Waals surface area (Å²) in [5.41, 5.74) is 3.38. The summed E-state index contributed by atoms with van der Waals surface area (Å²) in [4.78, 5) is 14.4. The second-order valence-electron chi connectivity index (χ2n) is 7.09. The highest BCUT2D eigenvalue weighted by Crippen LogP contribution is 2.25. The lowest BCUT2D eigenvalue weighted by Gasteiger charge is -2.31. The second kappa shape index (κ2) is 7.44. The first-order chi connectivity index (χ1) is 13.1. The SMILES string of the molecule is Cc1cccc(NC(=O)CN2CCC(n3nnc4cc(F)ccc43)CC2)c1. The van der Waals surface area contributed by atoms with Gasteiger partial charge in [0.05, 0.1) is 18.1 Å². The number of rotatable bonds is 4. The molecule has 4 rings (SSSR count). The van der Waals surface area contributed by atoms with Crippen molar-refractivity contribution in [1.29, 1.82) is 0 Å². The molecule has 0 spiro atoms. The fraction of sp³-hybridized carbons (Fsp3) is 0.350. The molecule has 1 aromatic heterocycles. The number of benzene rings is 2. The molecule has 0 atom stereocenters. The standard InChI is InChI=1S/C20H22FN5O/c1-14-3-2-4-16(11-14)22-20(27)13-25-9-7-17(8-10-25)26-19-6-5-15(21)12-18(19)23-24-26/h2-6,11-12,17H,7-10,13H2,1H3,(H,22,27). The summed E-state index contributed by atoms with van der Waals surface area (Å²) in [6.45, 7) is 4.01. The number of hydrogen-bond donors (Lipinski definition) is 1. The van der Waals surface area contributed by atoms with E-state index in [0.717, 1.165) is 42.7 Å². The molecule has 3 aromatic rings. The van der Waals surface area contributed by atoms with Crippen molar-refractivity contribution in [3.8, 4) is 0 Å². The number of carbonyl (C=O) groups excluding carboxylic acids is 1. The van der Waals surface area contributed by atoms with Gasteiger partial charge in [-0.1, -0.05) is 17.3 Å². The van der Waals surface area contributed by atoms with Gasteiger partial charge in [0, 0.05) is 24.8 Å². The Kier molecular flexibility index (Phi) is 4.85. The van der Waals surface area contributed by atoms with Crippen molar-refractivity contribution >= 4 is 22.6 Å². The van der Waals surface area contributed by atoms with Crippen LogP contribution in [0.5, 0.6) is 0 Å². The Morgan fingerprint density at radius 2 is 2.04 bits per heavy atom. The monoisotopic (exact) mass is 367 g/mol. The maximum absolute atomic E-state index is 13.3. The number of nitrogens with one attached hydrogen (secondary N) is 1. The van der Waals surface area contributed by atoms with Gasteiger partial charge in [-0.15, -0.1) is 5.10 Å². The van der Waals surface area contributed by atoms with Crippen molar-refractivity contribution < 1.29 is 9.18 Å². The molecular weight excluding hydrogens is 345 g/mol. The minimum atomic E-state index is -0.302. The smallest absolute Gasteiger partial charge is 0.238 e. The molecule has 0 radical (unpaired) electrons. The number of nitrogens with zero attached hydrogens (tertiary/aromatic N) is 4. The predicted molar refractivity (Wildman–Crippen MR) is 102 cm³/mol. The number of amides is 1. The number of piperidine rings is 1. The molecule has 1 N–H and O–H groups in total. The number of fused-ring (bicyclic) bond motifs is 1. The van der Waals surface area contributed by atoms with Crippen LogP contribution in [0.2, 0.25) is 0 Å². The van der Waals surface area contributed by atoms with E-state index >= 15 is 0 Å². The molecule has 1 aliphatic heterocycles. The number of likely N-dealkylation sites (tertiary alicyclic amines) is 1. The van der Waals surface area contributed by atoms with Crippen molar-refractivity contribution in [3.05, 3.63) is 53.8 Å². The summed E-state index contributed by atoms with van der Waals surface area (Å²) in [6, 6.07) is 12.6. The first-order valence-electron chi connectivity index (χ1n) is 9.18. The van der Waals surface area contributed by atoms with E-state index in [2.05, 4.69) is 20.5 Å². The van der Waals surface area contributed by atoms with E-state index in [1.807, 2.05) is 35.9 Å². The molecule has 1 fully saturated rings. The third-order valence-corrected chi connectivity index (χ3v) is 5.01. The van der Waals surface area contributed by atoms with Crippen LogP contribution in [0, 0.1) is 12.7 Å². The largest absolute Gasteiger partial charge is 0.325 e. The van der Waals surface area contributed by atoms with Gasteiger partial charge in [0.15, 0.2) is 0 Å². The maximum atomic E-state index is 13.3. The number of anilines is 1. The van der Waals surface area contributed by atoms with E-state index in [1.165, 1.54) is 12.1 Å². The van der Waals surface area contributed by atoms with E-state index in [4.69, 9.17) is 0 Å². The van der Waals surface area contributed by atoms with Crippen molar-refractivity contribution in [1.82, 2.24) is 19.9 Å². The molecule has 27 heavy (non-hydrogen) atoms. The van der Waals surface area contributed by atoms with Crippen LogP contribution < -0.4 is 5.32 Å². The van der Waals surface area contributed by atoms with Gasteiger partial charge in [-0.25, -0.2) is 9.07 Å². The molecule has 0 bridgehead atoms. The number of hydrogen-bond acceptors (Lipinski definition) is 4. The van der Waals surface area contributed by atoms with Crippen molar-refractivity contribution in [2.24, 2.45) is 0 Å². The molecular formula is C20H22FN5O. The summed E-state index contributed by atoms with van der Waals surface area (Å²) in [5.74, 6) is -0.301. The summed E-state index contributed by atoms with van der Waals surface area (Å²) in [5, 5.41) is 11.2. The topological polar surface area (TPSA) is 63.1 Å². The maximum Gasteiger partial charge on any atom is 0.238 e. The minimum Gasteiger partial charge on any atom is -0.325 e. The summed E-state index contributed by atoms with van der Waals surface area (Å²) in [7, 11) is 0. The molecule has 2 aromatic carbocycles. The molecule has 2 heterocycles. The Morgan fingerprint density at radius 1 is 1.22 bits per heavy atom. The first kappa shape index (κ1) is 17.6. The zero-order chi connectivity index (χ0) is 18.8. The van der Waals surface area contributed by atoms with Gasteiger partial charge in [-0.05, 0) is 49.6 Å². The lowest BCUT2D eigenvalue weighted by Crippen LogP contribution is -2.39. The van der Waals surface area contributed by atoms with Gasteiger partial charge in [0.1, 0.15) is 11.3 Å². The quantitative estimate of drug-likeness (QED) is 0.769. The molecule has 0 unspecified atom stereocenters. The Hall–Kier alpha value is -2.80. The van der Waals surface area contributed by atoms with Crippen LogP contribution in [-0.2, 0) is 4.79 Å². The van der Waals surface area contributed by atoms with Gasteiger partial charge in [-0.2, -0.15) is 0 Å². The molecule has 1 amide bonds. The summed E-state index contributed by atoms with van der Waals surface area (Å²) < 4.78 is 15.2. The van der Waals surface area contributed by atoms with Crippen LogP contribution in [0.15, 0.2) is 42.5 Å². The third-order valence-electron chi connectivity index (χ3n) is 5.01. The third kappa shape index (κ3) is 3.98. The van der Waals surface area contributed by atoms with Crippen molar-refractivity contribution in [2.75, 3.05) is 25.0 Å². The highest BCUT2D eigenvalue weighted by molar-refractivity contribution is 5.92. The van der Waals surface area contributed by atoms with Gasteiger partial charge in [0.2, 0.25) is 5.91 Å². The molecule has 0 saturated carbocycles. The highest BCUT2D eigenvalue weighted by Gasteiger charge is 2.24. The molecule has 6 nitrogen and oxygen atoms in total. The van der Waals surface area contributed by atoms with Gasteiger partial charge in [-0.3, -0.25) is 9.69 Å². The van der Waals surface area contributed by atoms with Crippen molar-refractivity contribution in [3.63, 3.8) is 0 Å². The van der Waals surface area contributed by atoms with Crippen LogP contribution in [0.3, 0.4) is 0 Å². The molecule has 7 heteroatoms. The highest BCUT2D eigenvalue weighted by atomic mass is 19.1. The van der Waals surface area contributed by atoms with Crippen LogP contribution in [-0.4, -0.2) is 45.4 Å². The van der Waals surface area contributed by atoms with E-state index in [0.29, 0.717) is 12.1 Å². The average molecular weight is 367 g/mol. The summed E-state index contributed by atoms with van der Waals surface area (Å²) >= 11 is 0.